The Kier molecular flexibility index (Phi) is 5.82. The van der Waals surface area contributed by atoms with E-state index in [9.17, 15) is 18.3 Å². The van der Waals surface area contributed by atoms with Crippen molar-refractivity contribution in [1.29, 1.82) is 0 Å². The standard InChI is InChI=1S/C20H24N2O8S/c1-12-9-14(10-16-19(12)29-11-28-16)30-13-5-7-22(8-6-13)31(26,27)17-4-2-3-15(23)18(17)20(24)21-25/h2-4,10,12-13,23,25H,5-9,11H2,1H3,(H,21,24). The summed E-state index contributed by atoms with van der Waals surface area (Å²) in [7, 11) is -4.06. The summed E-state index contributed by atoms with van der Waals surface area (Å²) in [5, 5.41) is 18.9. The van der Waals surface area contributed by atoms with Gasteiger partial charge in [-0.2, -0.15) is 4.31 Å². The zero-order valence-corrected chi connectivity index (χ0v) is 17.7. The van der Waals surface area contributed by atoms with Crippen LogP contribution in [0.1, 0.15) is 36.5 Å². The van der Waals surface area contributed by atoms with Gasteiger partial charge >= 0.3 is 0 Å². The molecule has 3 N–H and O–H groups in total. The van der Waals surface area contributed by atoms with E-state index in [4.69, 9.17) is 19.4 Å². The summed E-state index contributed by atoms with van der Waals surface area (Å²) in [6.07, 6.45) is 3.30. The molecule has 0 radical (unpaired) electrons. The lowest BCUT2D eigenvalue weighted by atomic mass is 9.98. The van der Waals surface area contributed by atoms with Gasteiger partial charge in [0, 0.05) is 31.5 Å². The molecule has 1 aromatic rings. The van der Waals surface area contributed by atoms with E-state index >= 15 is 0 Å². The average Bonchev–Trinajstić information content (AvgIpc) is 3.22. The molecule has 0 aromatic heterocycles. The molecule has 168 valence electrons. The normalized spacial score (nSPS) is 22.3. The van der Waals surface area contributed by atoms with Crippen LogP contribution in [-0.2, 0) is 24.2 Å². The van der Waals surface area contributed by atoms with Gasteiger partial charge in [-0.1, -0.05) is 13.0 Å². The molecule has 1 aliphatic carbocycles. The first-order valence-corrected chi connectivity index (χ1v) is 11.4. The molecule has 1 saturated heterocycles. The lowest BCUT2D eigenvalue weighted by Crippen LogP contribution is -2.41. The average molecular weight is 452 g/mol. The van der Waals surface area contributed by atoms with E-state index in [1.54, 1.807) is 0 Å². The topological polar surface area (TPSA) is 135 Å². The van der Waals surface area contributed by atoms with E-state index < -0.39 is 27.2 Å². The van der Waals surface area contributed by atoms with Gasteiger partial charge in [0.05, 0.1) is 4.90 Å². The van der Waals surface area contributed by atoms with Gasteiger partial charge < -0.3 is 19.3 Å². The number of phenolic OH excluding ortho intramolecular Hbond substituents is 1. The van der Waals surface area contributed by atoms with E-state index in [1.165, 1.54) is 28.0 Å². The third-order valence-electron chi connectivity index (χ3n) is 5.59. The van der Waals surface area contributed by atoms with Crippen molar-refractivity contribution in [1.82, 2.24) is 9.79 Å². The summed E-state index contributed by atoms with van der Waals surface area (Å²) >= 11 is 0. The van der Waals surface area contributed by atoms with Crippen LogP contribution < -0.4 is 5.48 Å². The van der Waals surface area contributed by atoms with E-state index in [1.807, 2.05) is 13.0 Å². The molecule has 0 bridgehead atoms. The number of rotatable bonds is 5. The molecule has 1 aromatic carbocycles. The first-order chi connectivity index (χ1) is 14.8. The van der Waals surface area contributed by atoms with E-state index in [0.717, 1.165) is 11.5 Å². The van der Waals surface area contributed by atoms with Crippen molar-refractivity contribution in [2.24, 2.45) is 5.92 Å². The molecule has 0 saturated carbocycles. The number of hydroxylamine groups is 1. The van der Waals surface area contributed by atoms with Crippen LogP contribution in [0.2, 0.25) is 0 Å². The molecule has 1 atom stereocenters. The van der Waals surface area contributed by atoms with Gasteiger partial charge in [-0.05, 0) is 25.0 Å². The Morgan fingerprint density at radius 2 is 2.00 bits per heavy atom. The zero-order chi connectivity index (χ0) is 22.2. The highest BCUT2D eigenvalue weighted by Gasteiger charge is 2.35. The molecule has 2 heterocycles. The number of piperidine rings is 1. The first kappa shape index (κ1) is 21.5. The van der Waals surface area contributed by atoms with Crippen molar-refractivity contribution in [2.75, 3.05) is 19.9 Å². The number of allylic oxidation sites excluding steroid dienone is 3. The number of ether oxygens (including phenoxy) is 3. The number of hydrogen-bond acceptors (Lipinski definition) is 8. The third kappa shape index (κ3) is 4.08. The quantitative estimate of drug-likeness (QED) is 0.455. The number of sulfonamides is 1. The highest BCUT2D eigenvalue weighted by atomic mass is 32.2. The molecule has 4 rings (SSSR count). The number of amides is 1. The minimum atomic E-state index is -4.06. The molecule has 10 nitrogen and oxygen atoms in total. The maximum atomic E-state index is 13.1. The molecule has 11 heteroatoms. The molecule has 2 aliphatic heterocycles. The van der Waals surface area contributed by atoms with Crippen LogP contribution in [0.3, 0.4) is 0 Å². The van der Waals surface area contributed by atoms with Crippen LogP contribution in [0.25, 0.3) is 0 Å². The predicted molar refractivity (Wildman–Crippen MR) is 106 cm³/mol. The van der Waals surface area contributed by atoms with E-state index in [0.29, 0.717) is 25.0 Å². The summed E-state index contributed by atoms with van der Waals surface area (Å²) in [5.74, 6) is 0.832. The number of carbonyl (C=O) groups excluding carboxylic acids is 1. The fraction of sp³-hybridized carbons (Fsp3) is 0.450. The van der Waals surface area contributed by atoms with Gasteiger partial charge in [-0.3, -0.25) is 10.0 Å². The SMILES string of the molecule is CC1CC(OC2CCN(S(=O)(=O)c3cccc(O)c3C(=O)NO)CC2)=CC2=C1OCO2. The summed E-state index contributed by atoms with van der Waals surface area (Å²) in [6.45, 7) is 2.63. The highest BCUT2D eigenvalue weighted by Crippen LogP contribution is 2.36. The second kappa shape index (κ2) is 8.40. The predicted octanol–water partition coefficient (Wildman–Crippen LogP) is 1.82. The van der Waals surface area contributed by atoms with Crippen molar-refractivity contribution in [3.8, 4) is 5.75 Å². The van der Waals surface area contributed by atoms with Gasteiger partial charge in [0.2, 0.25) is 16.8 Å². The Morgan fingerprint density at radius 1 is 1.26 bits per heavy atom. The molecular weight excluding hydrogens is 428 g/mol. The van der Waals surface area contributed by atoms with Crippen molar-refractivity contribution in [3.63, 3.8) is 0 Å². The summed E-state index contributed by atoms with van der Waals surface area (Å²) < 4.78 is 44.5. The van der Waals surface area contributed by atoms with Crippen LogP contribution in [-0.4, -0.2) is 54.9 Å². The minimum Gasteiger partial charge on any atom is -0.507 e. The smallest absolute Gasteiger partial charge is 0.279 e. The molecule has 31 heavy (non-hydrogen) atoms. The second-order valence-corrected chi connectivity index (χ2v) is 9.57. The van der Waals surface area contributed by atoms with E-state index in [2.05, 4.69) is 0 Å². The number of nitrogens with zero attached hydrogens (tertiary/aromatic N) is 1. The van der Waals surface area contributed by atoms with Crippen LogP contribution in [0, 0.1) is 5.92 Å². The maximum absolute atomic E-state index is 13.1. The van der Waals surface area contributed by atoms with Crippen molar-refractivity contribution >= 4 is 15.9 Å². The Balaban J connectivity index is 1.45. The van der Waals surface area contributed by atoms with Gasteiger partial charge in [-0.15, -0.1) is 0 Å². The molecule has 1 amide bonds. The molecule has 0 spiro atoms. The lowest BCUT2D eigenvalue weighted by Gasteiger charge is -2.33. The van der Waals surface area contributed by atoms with Gasteiger partial charge in [0.1, 0.15) is 28.9 Å². The zero-order valence-electron chi connectivity index (χ0n) is 16.9. The Bertz CT molecular complexity index is 1040. The number of hydrogen-bond donors (Lipinski definition) is 3. The van der Waals surface area contributed by atoms with Crippen molar-refractivity contribution in [2.45, 2.75) is 37.2 Å². The summed E-state index contributed by atoms with van der Waals surface area (Å²) in [5.41, 5.74) is 0.886. The van der Waals surface area contributed by atoms with Gasteiger partial charge in [0.25, 0.3) is 5.91 Å². The fourth-order valence-electron chi connectivity index (χ4n) is 4.04. The number of benzene rings is 1. The second-order valence-electron chi connectivity index (χ2n) is 7.66. The molecule has 1 unspecified atom stereocenters. The van der Waals surface area contributed by atoms with Crippen LogP contribution in [0.15, 0.2) is 46.4 Å². The molecule has 3 aliphatic rings. The lowest BCUT2D eigenvalue weighted by molar-refractivity contribution is 0.0584. The first-order valence-electron chi connectivity index (χ1n) is 9.94. The van der Waals surface area contributed by atoms with Crippen LogP contribution in [0.5, 0.6) is 5.75 Å². The molecule has 1 fully saturated rings. The van der Waals surface area contributed by atoms with Crippen molar-refractivity contribution < 1.29 is 37.7 Å². The third-order valence-corrected chi connectivity index (χ3v) is 7.53. The van der Waals surface area contributed by atoms with Gasteiger partial charge in [-0.25, -0.2) is 13.9 Å². The summed E-state index contributed by atoms with van der Waals surface area (Å²) in [6, 6.07) is 3.74. The monoisotopic (exact) mass is 452 g/mol. The van der Waals surface area contributed by atoms with Crippen LogP contribution >= 0.6 is 0 Å². The minimum absolute atomic E-state index is 0.153. The molecular formula is C20H24N2O8S. The fourth-order valence-corrected chi connectivity index (χ4v) is 5.72. The highest BCUT2D eigenvalue weighted by molar-refractivity contribution is 7.89. The summed E-state index contributed by atoms with van der Waals surface area (Å²) in [4.78, 5) is 11.5. The number of carbonyl (C=O) groups is 1. The number of nitrogens with one attached hydrogen (secondary N) is 1. The Labute approximate surface area is 179 Å². The van der Waals surface area contributed by atoms with Crippen molar-refractivity contribution in [3.05, 3.63) is 47.1 Å². The number of phenols is 1. The Hall–Kier alpha value is -2.76. The van der Waals surface area contributed by atoms with Crippen LogP contribution in [0.4, 0.5) is 0 Å². The van der Waals surface area contributed by atoms with E-state index in [-0.39, 0.29) is 36.8 Å². The van der Waals surface area contributed by atoms with Gasteiger partial charge in [0.15, 0.2) is 5.76 Å². The number of aromatic hydroxyl groups is 1. The largest absolute Gasteiger partial charge is 0.507 e. The Morgan fingerprint density at radius 3 is 2.71 bits per heavy atom. The maximum Gasteiger partial charge on any atom is 0.279 e.